The van der Waals surface area contributed by atoms with Crippen LogP contribution in [0.5, 0.6) is 0 Å². The summed E-state index contributed by atoms with van der Waals surface area (Å²) >= 11 is 0. The fourth-order valence-electron chi connectivity index (χ4n) is 3.65. The smallest absolute Gasteiger partial charge is 0.123 e. The Morgan fingerprint density at radius 3 is 2.62 bits per heavy atom. The zero-order valence-electron chi connectivity index (χ0n) is 14.7. The highest BCUT2D eigenvalue weighted by Gasteiger charge is 2.22. The molecule has 132 valence electrons. The molecule has 0 bridgehead atoms. The van der Waals surface area contributed by atoms with Crippen LogP contribution in [0.15, 0.2) is 67.0 Å². The molecule has 1 aliphatic heterocycles. The van der Waals surface area contributed by atoms with E-state index < -0.39 is 0 Å². The monoisotopic (exact) mass is 347 g/mol. The molecule has 1 aliphatic rings. The summed E-state index contributed by atoms with van der Waals surface area (Å²) in [6.45, 7) is 3.09. The lowest BCUT2D eigenvalue weighted by Gasteiger charge is -2.32. The van der Waals surface area contributed by atoms with E-state index in [4.69, 9.17) is 4.98 Å². The summed E-state index contributed by atoms with van der Waals surface area (Å²) in [5.41, 5.74) is 4.30. The molecule has 2 aromatic heterocycles. The Morgan fingerprint density at radius 2 is 1.81 bits per heavy atom. The average Bonchev–Trinajstić information content (AvgIpc) is 2.70. The summed E-state index contributed by atoms with van der Waals surface area (Å²) in [4.78, 5) is 11.5. The minimum absolute atomic E-state index is 0.219. The van der Waals surface area contributed by atoms with Gasteiger partial charge in [-0.25, -0.2) is 4.39 Å². The van der Waals surface area contributed by atoms with Crippen molar-refractivity contribution in [2.45, 2.75) is 25.3 Å². The normalized spacial score (nSPS) is 18.0. The molecule has 3 nitrogen and oxygen atoms in total. The summed E-state index contributed by atoms with van der Waals surface area (Å²) in [5.74, 6) is 0.218. The molecular formula is C22H22FN3. The van der Waals surface area contributed by atoms with E-state index in [0.717, 1.165) is 43.0 Å². The Kier molecular flexibility index (Phi) is 5.02. The number of benzene rings is 1. The van der Waals surface area contributed by atoms with E-state index in [1.165, 1.54) is 24.1 Å². The van der Waals surface area contributed by atoms with E-state index >= 15 is 0 Å². The van der Waals surface area contributed by atoms with Crippen molar-refractivity contribution in [2.75, 3.05) is 13.1 Å². The van der Waals surface area contributed by atoms with E-state index in [-0.39, 0.29) is 5.82 Å². The predicted octanol–water partition coefficient (Wildman–Crippen LogP) is 4.66. The molecule has 3 aromatic rings. The Morgan fingerprint density at radius 1 is 1.00 bits per heavy atom. The number of hydrogen-bond donors (Lipinski definition) is 0. The third kappa shape index (κ3) is 3.97. The van der Waals surface area contributed by atoms with Crippen molar-refractivity contribution in [3.63, 3.8) is 0 Å². The van der Waals surface area contributed by atoms with Gasteiger partial charge in [0.05, 0.1) is 5.69 Å². The summed E-state index contributed by atoms with van der Waals surface area (Å²) in [6.07, 6.45) is 6.04. The van der Waals surface area contributed by atoms with Crippen LogP contribution in [0.2, 0.25) is 0 Å². The van der Waals surface area contributed by atoms with Crippen LogP contribution < -0.4 is 0 Å². The van der Waals surface area contributed by atoms with Crippen LogP contribution in [0.25, 0.3) is 11.3 Å². The molecule has 1 saturated heterocycles. The maximum atomic E-state index is 13.2. The third-order valence-corrected chi connectivity index (χ3v) is 4.99. The topological polar surface area (TPSA) is 29.0 Å². The Hall–Kier alpha value is -2.59. The number of halogens is 1. The first kappa shape index (κ1) is 16.9. The molecule has 1 atom stereocenters. The summed E-state index contributed by atoms with van der Waals surface area (Å²) < 4.78 is 13.2. The molecule has 0 radical (unpaired) electrons. The van der Waals surface area contributed by atoms with Crippen LogP contribution in [0, 0.1) is 5.82 Å². The van der Waals surface area contributed by atoms with Crippen molar-refractivity contribution >= 4 is 0 Å². The SMILES string of the molecule is Fc1ccc(-c2cccc([C@@H]3CCCN(Cc4ccncc4)C3)n2)cc1. The molecule has 1 aromatic carbocycles. The molecule has 0 N–H and O–H groups in total. The highest BCUT2D eigenvalue weighted by atomic mass is 19.1. The number of rotatable bonds is 4. The molecule has 4 heteroatoms. The lowest BCUT2D eigenvalue weighted by molar-refractivity contribution is 0.198. The van der Waals surface area contributed by atoms with Gasteiger partial charge in [0.25, 0.3) is 0 Å². The fraction of sp³-hybridized carbons (Fsp3) is 0.273. The number of hydrogen-bond acceptors (Lipinski definition) is 3. The Balaban J connectivity index is 1.50. The van der Waals surface area contributed by atoms with E-state index in [1.807, 2.05) is 18.5 Å². The van der Waals surface area contributed by atoms with Gasteiger partial charge >= 0.3 is 0 Å². The molecule has 0 spiro atoms. The van der Waals surface area contributed by atoms with Crippen LogP contribution in [-0.4, -0.2) is 28.0 Å². The van der Waals surface area contributed by atoms with Gasteiger partial charge in [0.2, 0.25) is 0 Å². The first-order chi connectivity index (χ1) is 12.8. The van der Waals surface area contributed by atoms with Crippen molar-refractivity contribution in [2.24, 2.45) is 0 Å². The lowest BCUT2D eigenvalue weighted by atomic mass is 9.93. The second kappa shape index (κ2) is 7.75. The highest BCUT2D eigenvalue weighted by molar-refractivity contribution is 5.59. The van der Waals surface area contributed by atoms with E-state index in [2.05, 4.69) is 34.1 Å². The Labute approximate surface area is 153 Å². The summed E-state index contributed by atoms with van der Waals surface area (Å²) in [7, 11) is 0. The third-order valence-electron chi connectivity index (χ3n) is 4.99. The van der Waals surface area contributed by atoms with E-state index in [0.29, 0.717) is 5.92 Å². The average molecular weight is 347 g/mol. The van der Waals surface area contributed by atoms with E-state index in [9.17, 15) is 4.39 Å². The van der Waals surface area contributed by atoms with Crippen LogP contribution in [0.1, 0.15) is 30.0 Å². The van der Waals surface area contributed by atoms with Gasteiger partial charge in [-0.2, -0.15) is 0 Å². The van der Waals surface area contributed by atoms with Crippen molar-refractivity contribution in [3.8, 4) is 11.3 Å². The number of piperidine rings is 1. The van der Waals surface area contributed by atoms with Gasteiger partial charge in [-0.05, 0) is 73.5 Å². The van der Waals surface area contributed by atoms with Gasteiger partial charge in [0.15, 0.2) is 0 Å². The van der Waals surface area contributed by atoms with E-state index in [1.54, 1.807) is 12.1 Å². The van der Waals surface area contributed by atoms with Crippen LogP contribution in [0.4, 0.5) is 4.39 Å². The van der Waals surface area contributed by atoms with Crippen molar-refractivity contribution < 1.29 is 4.39 Å². The molecule has 0 aliphatic carbocycles. The van der Waals surface area contributed by atoms with Gasteiger partial charge < -0.3 is 0 Å². The molecule has 26 heavy (non-hydrogen) atoms. The maximum absolute atomic E-state index is 13.2. The highest BCUT2D eigenvalue weighted by Crippen LogP contribution is 2.28. The van der Waals surface area contributed by atoms with Crippen molar-refractivity contribution in [1.82, 2.24) is 14.9 Å². The van der Waals surface area contributed by atoms with Crippen LogP contribution in [0.3, 0.4) is 0 Å². The number of nitrogens with zero attached hydrogens (tertiary/aromatic N) is 3. The quantitative estimate of drug-likeness (QED) is 0.687. The molecule has 4 rings (SSSR count). The molecule has 0 amide bonds. The maximum Gasteiger partial charge on any atom is 0.123 e. The standard InChI is InChI=1S/C22H22FN3/c23-20-8-6-18(7-9-20)21-4-1-5-22(25-21)19-3-2-14-26(16-19)15-17-10-12-24-13-11-17/h1,4-13,19H,2-3,14-16H2/t19-/m1/s1. The van der Waals surface area contributed by atoms with Crippen LogP contribution >= 0.6 is 0 Å². The first-order valence-electron chi connectivity index (χ1n) is 9.12. The minimum atomic E-state index is -0.219. The number of aromatic nitrogens is 2. The first-order valence-corrected chi connectivity index (χ1v) is 9.12. The Bertz CT molecular complexity index is 849. The van der Waals surface area contributed by atoms with Gasteiger partial charge in [-0.1, -0.05) is 6.07 Å². The molecule has 1 fully saturated rings. The fourth-order valence-corrected chi connectivity index (χ4v) is 3.65. The predicted molar refractivity (Wildman–Crippen MR) is 101 cm³/mol. The van der Waals surface area contributed by atoms with Gasteiger partial charge in [-0.15, -0.1) is 0 Å². The number of pyridine rings is 2. The minimum Gasteiger partial charge on any atom is -0.298 e. The number of likely N-dealkylation sites (tertiary alicyclic amines) is 1. The lowest BCUT2D eigenvalue weighted by Crippen LogP contribution is -2.34. The van der Waals surface area contributed by atoms with Crippen molar-refractivity contribution in [1.29, 1.82) is 0 Å². The summed E-state index contributed by atoms with van der Waals surface area (Å²) in [6, 6.07) is 16.9. The second-order valence-electron chi connectivity index (χ2n) is 6.88. The molecule has 3 heterocycles. The largest absolute Gasteiger partial charge is 0.298 e. The molecular weight excluding hydrogens is 325 g/mol. The van der Waals surface area contributed by atoms with Gasteiger partial charge in [0.1, 0.15) is 5.82 Å². The van der Waals surface area contributed by atoms with Gasteiger partial charge in [0, 0.05) is 42.7 Å². The zero-order valence-corrected chi connectivity index (χ0v) is 14.7. The zero-order chi connectivity index (χ0) is 17.8. The van der Waals surface area contributed by atoms with Crippen LogP contribution in [-0.2, 0) is 6.54 Å². The molecule has 0 unspecified atom stereocenters. The second-order valence-corrected chi connectivity index (χ2v) is 6.88. The van der Waals surface area contributed by atoms with Crippen molar-refractivity contribution in [3.05, 3.63) is 84.1 Å². The molecule has 0 saturated carbocycles. The van der Waals surface area contributed by atoms with Gasteiger partial charge in [-0.3, -0.25) is 14.9 Å². The summed E-state index contributed by atoms with van der Waals surface area (Å²) in [5, 5.41) is 0.